The van der Waals surface area contributed by atoms with Crippen molar-refractivity contribution in [1.82, 2.24) is 20.4 Å². The summed E-state index contributed by atoms with van der Waals surface area (Å²) in [6.45, 7) is 4.21. The third-order valence-corrected chi connectivity index (χ3v) is 5.28. The predicted octanol–water partition coefficient (Wildman–Crippen LogP) is 1.96. The Kier molecular flexibility index (Phi) is 6.89. The van der Waals surface area contributed by atoms with Crippen molar-refractivity contribution in [3.8, 4) is 0 Å². The van der Waals surface area contributed by atoms with Crippen LogP contribution in [0.1, 0.15) is 37.7 Å². The number of carbonyl (C=O) groups excluding carboxylic acids is 2. The Morgan fingerprint density at radius 3 is 2.85 bits per heavy atom. The van der Waals surface area contributed by atoms with Crippen molar-refractivity contribution in [3.63, 3.8) is 0 Å². The quantitative estimate of drug-likeness (QED) is 0.846. The molecular formula is C20H30N4O2. The zero-order chi connectivity index (χ0) is 18.2. The summed E-state index contributed by atoms with van der Waals surface area (Å²) < 4.78 is 0. The van der Waals surface area contributed by atoms with Gasteiger partial charge in [-0.2, -0.15) is 0 Å². The lowest BCUT2D eigenvalue weighted by Gasteiger charge is -2.36. The van der Waals surface area contributed by atoms with Crippen molar-refractivity contribution >= 4 is 11.9 Å². The van der Waals surface area contributed by atoms with Crippen LogP contribution < -0.4 is 10.6 Å². The van der Waals surface area contributed by atoms with Crippen LogP contribution in [0.15, 0.2) is 30.3 Å². The standard InChI is InChI=1S/C20H30N4O2/c25-19-16-24(14-6-11-21-19)20(26)22-12-10-18-9-4-5-13-23(18)15-17-7-2-1-3-8-17/h1-3,7-8,18H,4-6,9-16H2,(H,21,25)(H,22,26)/t18-/m0/s1. The minimum Gasteiger partial charge on any atom is -0.354 e. The number of hydrogen-bond acceptors (Lipinski definition) is 3. The van der Waals surface area contributed by atoms with Crippen molar-refractivity contribution in [2.24, 2.45) is 0 Å². The van der Waals surface area contributed by atoms with Gasteiger partial charge in [0.1, 0.15) is 6.54 Å². The van der Waals surface area contributed by atoms with Gasteiger partial charge < -0.3 is 15.5 Å². The van der Waals surface area contributed by atoms with Gasteiger partial charge in [-0.1, -0.05) is 36.8 Å². The van der Waals surface area contributed by atoms with E-state index in [1.165, 1.54) is 24.8 Å². The van der Waals surface area contributed by atoms with Gasteiger partial charge in [0.15, 0.2) is 0 Å². The second-order valence-electron chi connectivity index (χ2n) is 7.25. The predicted molar refractivity (Wildman–Crippen MR) is 102 cm³/mol. The maximum Gasteiger partial charge on any atom is 0.317 e. The smallest absolute Gasteiger partial charge is 0.317 e. The van der Waals surface area contributed by atoms with E-state index >= 15 is 0 Å². The Bertz CT molecular complexity index is 593. The summed E-state index contributed by atoms with van der Waals surface area (Å²) in [5.74, 6) is -0.0704. The molecule has 0 bridgehead atoms. The number of urea groups is 1. The lowest BCUT2D eigenvalue weighted by Crippen LogP contribution is -2.45. The first kappa shape index (κ1) is 18.7. The fourth-order valence-electron chi connectivity index (χ4n) is 3.85. The van der Waals surface area contributed by atoms with E-state index in [4.69, 9.17) is 0 Å². The number of amides is 3. The second-order valence-corrected chi connectivity index (χ2v) is 7.25. The van der Waals surface area contributed by atoms with Crippen molar-refractivity contribution in [3.05, 3.63) is 35.9 Å². The third-order valence-electron chi connectivity index (χ3n) is 5.28. The Balaban J connectivity index is 1.46. The summed E-state index contributed by atoms with van der Waals surface area (Å²) >= 11 is 0. The van der Waals surface area contributed by atoms with Crippen LogP contribution in [0.5, 0.6) is 0 Å². The highest BCUT2D eigenvalue weighted by molar-refractivity contribution is 5.84. The van der Waals surface area contributed by atoms with Crippen LogP contribution >= 0.6 is 0 Å². The molecule has 26 heavy (non-hydrogen) atoms. The average Bonchev–Trinajstić information content (AvgIpc) is 2.88. The molecule has 2 N–H and O–H groups in total. The van der Waals surface area contributed by atoms with Gasteiger partial charge >= 0.3 is 6.03 Å². The van der Waals surface area contributed by atoms with Gasteiger partial charge in [0.2, 0.25) is 5.91 Å². The van der Waals surface area contributed by atoms with Crippen LogP contribution in [0, 0.1) is 0 Å². The van der Waals surface area contributed by atoms with Gasteiger partial charge in [-0.15, -0.1) is 0 Å². The Morgan fingerprint density at radius 1 is 1.15 bits per heavy atom. The van der Waals surface area contributed by atoms with Gasteiger partial charge in [-0.3, -0.25) is 9.69 Å². The number of rotatable bonds is 5. The lowest BCUT2D eigenvalue weighted by atomic mass is 9.98. The summed E-state index contributed by atoms with van der Waals surface area (Å²) in [7, 11) is 0. The normalized spacial score (nSPS) is 21.8. The maximum atomic E-state index is 12.3. The zero-order valence-corrected chi connectivity index (χ0v) is 15.5. The van der Waals surface area contributed by atoms with E-state index in [0.29, 0.717) is 25.7 Å². The van der Waals surface area contributed by atoms with Crippen molar-refractivity contribution in [2.45, 2.75) is 44.7 Å². The number of benzene rings is 1. The van der Waals surface area contributed by atoms with E-state index in [2.05, 4.69) is 45.9 Å². The molecule has 0 saturated carbocycles. The van der Waals surface area contributed by atoms with Crippen molar-refractivity contribution < 1.29 is 9.59 Å². The van der Waals surface area contributed by atoms with Crippen molar-refractivity contribution in [2.75, 3.05) is 32.7 Å². The van der Waals surface area contributed by atoms with Gasteiger partial charge in [-0.25, -0.2) is 4.79 Å². The topological polar surface area (TPSA) is 64.7 Å². The Morgan fingerprint density at radius 2 is 2.00 bits per heavy atom. The first-order valence-electron chi connectivity index (χ1n) is 9.80. The molecule has 1 aromatic rings. The zero-order valence-electron chi connectivity index (χ0n) is 15.5. The molecule has 0 aliphatic carbocycles. The second kappa shape index (κ2) is 9.57. The van der Waals surface area contributed by atoms with Crippen LogP contribution in [0.2, 0.25) is 0 Å². The molecule has 3 rings (SSSR count). The van der Waals surface area contributed by atoms with Crippen LogP contribution in [-0.2, 0) is 11.3 Å². The van der Waals surface area contributed by atoms with E-state index in [-0.39, 0.29) is 18.5 Å². The molecule has 1 aromatic carbocycles. The minimum atomic E-state index is -0.118. The molecule has 3 amide bonds. The summed E-state index contributed by atoms with van der Waals surface area (Å²) in [6.07, 6.45) is 5.47. The highest BCUT2D eigenvalue weighted by atomic mass is 16.2. The number of nitrogens with one attached hydrogen (secondary N) is 2. The Hall–Kier alpha value is -2.08. The van der Waals surface area contributed by atoms with E-state index in [1.54, 1.807) is 4.90 Å². The van der Waals surface area contributed by atoms with Crippen molar-refractivity contribution in [1.29, 1.82) is 0 Å². The molecule has 0 unspecified atom stereocenters. The Labute approximate surface area is 155 Å². The summed E-state index contributed by atoms with van der Waals surface area (Å²) in [5, 5.41) is 5.81. The molecule has 6 nitrogen and oxygen atoms in total. The molecular weight excluding hydrogens is 328 g/mol. The number of likely N-dealkylation sites (tertiary alicyclic amines) is 1. The molecule has 2 heterocycles. The minimum absolute atomic E-state index is 0.0704. The SMILES string of the molecule is O=C1CN(C(=O)NCC[C@@H]2CCCCN2Cc2ccccc2)CCCN1. The maximum absolute atomic E-state index is 12.3. The van der Waals surface area contributed by atoms with Gasteiger partial charge in [0.05, 0.1) is 0 Å². The molecule has 2 saturated heterocycles. The molecule has 6 heteroatoms. The molecule has 0 aromatic heterocycles. The monoisotopic (exact) mass is 358 g/mol. The van der Waals surface area contributed by atoms with E-state index < -0.39 is 0 Å². The molecule has 2 aliphatic heterocycles. The fourth-order valence-corrected chi connectivity index (χ4v) is 3.85. The van der Waals surface area contributed by atoms with E-state index in [1.807, 2.05) is 0 Å². The molecule has 142 valence electrons. The average molecular weight is 358 g/mol. The highest BCUT2D eigenvalue weighted by Gasteiger charge is 2.23. The first-order chi connectivity index (χ1) is 12.7. The summed E-state index contributed by atoms with van der Waals surface area (Å²) in [6, 6.07) is 11.0. The van der Waals surface area contributed by atoms with Crippen LogP contribution in [0.3, 0.4) is 0 Å². The first-order valence-corrected chi connectivity index (χ1v) is 9.80. The van der Waals surface area contributed by atoms with E-state index in [0.717, 1.165) is 25.9 Å². The molecule has 0 spiro atoms. The van der Waals surface area contributed by atoms with Crippen LogP contribution in [0.4, 0.5) is 4.79 Å². The lowest BCUT2D eigenvalue weighted by molar-refractivity contribution is -0.121. The summed E-state index contributed by atoms with van der Waals surface area (Å²) in [5.41, 5.74) is 1.35. The molecule has 0 radical (unpaired) electrons. The van der Waals surface area contributed by atoms with Gasteiger partial charge in [0, 0.05) is 32.2 Å². The number of carbonyl (C=O) groups is 2. The largest absolute Gasteiger partial charge is 0.354 e. The number of piperidine rings is 1. The van der Waals surface area contributed by atoms with Gasteiger partial charge in [-0.05, 0) is 37.8 Å². The summed E-state index contributed by atoms with van der Waals surface area (Å²) in [4.78, 5) is 28.1. The third kappa shape index (κ3) is 5.46. The van der Waals surface area contributed by atoms with Crippen LogP contribution in [0.25, 0.3) is 0 Å². The molecule has 2 fully saturated rings. The molecule has 2 aliphatic rings. The molecule has 1 atom stereocenters. The number of nitrogens with zero attached hydrogens (tertiary/aromatic N) is 2. The fraction of sp³-hybridized carbons (Fsp3) is 0.600. The van der Waals surface area contributed by atoms with Gasteiger partial charge in [0.25, 0.3) is 0 Å². The highest BCUT2D eigenvalue weighted by Crippen LogP contribution is 2.21. The van der Waals surface area contributed by atoms with E-state index in [9.17, 15) is 9.59 Å². The number of hydrogen-bond donors (Lipinski definition) is 2. The van der Waals surface area contributed by atoms with Crippen LogP contribution in [-0.4, -0.2) is 60.5 Å².